The molecule has 2 N–H and O–H groups in total. The maximum Gasteiger partial charge on any atom is 0.249 e. The molecule has 0 aromatic rings. The van der Waals surface area contributed by atoms with Crippen LogP contribution in [0.15, 0.2) is 0 Å². The average molecular weight is 215 g/mol. The van der Waals surface area contributed by atoms with E-state index in [0.717, 1.165) is 19.3 Å². The lowest BCUT2D eigenvalue weighted by atomic mass is 10.1. The normalized spacial score (nSPS) is 27.7. The van der Waals surface area contributed by atoms with Crippen LogP contribution in [0.1, 0.15) is 39.5 Å². The predicted octanol–water partition coefficient (Wildman–Crippen LogP) is 0.831. The summed E-state index contributed by atoms with van der Waals surface area (Å²) in [5.74, 6) is -0.0281. The van der Waals surface area contributed by atoms with E-state index in [9.17, 15) is 4.79 Å². The summed E-state index contributed by atoms with van der Waals surface area (Å²) < 4.78 is 5.47. The number of carbonyl (C=O) groups excluding carboxylic acids is 1. The Morgan fingerprint density at radius 2 is 2.33 bits per heavy atom. The number of aliphatic hydroxyl groups is 1. The Balaban J connectivity index is 2.33. The lowest BCUT2D eigenvalue weighted by Gasteiger charge is -2.18. The van der Waals surface area contributed by atoms with E-state index < -0.39 is 0 Å². The molecular formula is C11H21NO3. The minimum atomic E-state index is -0.284. The average Bonchev–Trinajstić information content (AvgIpc) is 2.64. The third-order valence-corrected chi connectivity index (χ3v) is 2.84. The molecule has 0 bridgehead atoms. The minimum absolute atomic E-state index is 0.0281. The summed E-state index contributed by atoms with van der Waals surface area (Å²) in [5, 5.41) is 11.7. The molecule has 1 amide bonds. The van der Waals surface area contributed by atoms with Crippen molar-refractivity contribution >= 4 is 5.91 Å². The molecule has 1 rings (SSSR count). The number of amides is 1. The molecule has 0 spiro atoms. The van der Waals surface area contributed by atoms with Gasteiger partial charge in [-0.1, -0.05) is 6.92 Å². The number of hydrogen-bond donors (Lipinski definition) is 2. The molecule has 1 saturated heterocycles. The fourth-order valence-corrected chi connectivity index (χ4v) is 1.82. The first-order chi connectivity index (χ1) is 7.17. The molecule has 0 aromatic heterocycles. The van der Waals surface area contributed by atoms with Crippen LogP contribution in [-0.4, -0.2) is 35.9 Å². The highest BCUT2D eigenvalue weighted by molar-refractivity contribution is 5.81. The van der Waals surface area contributed by atoms with E-state index in [4.69, 9.17) is 9.84 Å². The van der Waals surface area contributed by atoms with Crippen LogP contribution in [0.4, 0.5) is 0 Å². The molecular weight excluding hydrogens is 194 g/mol. The van der Waals surface area contributed by atoms with Crippen molar-refractivity contribution in [2.24, 2.45) is 0 Å². The first kappa shape index (κ1) is 12.5. The molecule has 4 heteroatoms. The van der Waals surface area contributed by atoms with Gasteiger partial charge in [0.2, 0.25) is 5.91 Å². The lowest BCUT2D eigenvalue weighted by Crippen LogP contribution is -2.41. The molecule has 15 heavy (non-hydrogen) atoms. The molecule has 1 aliphatic rings. The highest BCUT2D eigenvalue weighted by atomic mass is 16.5. The maximum atomic E-state index is 11.7. The van der Waals surface area contributed by atoms with Crippen molar-refractivity contribution in [1.29, 1.82) is 0 Å². The van der Waals surface area contributed by atoms with Gasteiger partial charge in [-0.25, -0.2) is 0 Å². The third kappa shape index (κ3) is 3.80. The zero-order valence-corrected chi connectivity index (χ0v) is 9.53. The summed E-state index contributed by atoms with van der Waals surface area (Å²) >= 11 is 0. The highest BCUT2D eigenvalue weighted by Crippen LogP contribution is 2.19. The van der Waals surface area contributed by atoms with Crippen LogP contribution in [-0.2, 0) is 9.53 Å². The summed E-state index contributed by atoms with van der Waals surface area (Å²) in [5.41, 5.74) is 0. The van der Waals surface area contributed by atoms with Crippen LogP contribution in [0.5, 0.6) is 0 Å². The summed E-state index contributed by atoms with van der Waals surface area (Å²) in [7, 11) is 0. The van der Waals surface area contributed by atoms with Gasteiger partial charge < -0.3 is 15.2 Å². The highest BCUT2D eigenvalue weighted by Gasteiger charge is 2.28. The number of carbonyl (C=O) groups is 1. The molecule has 1 aliphatic heterocycles. The topological polar surface area (TPSA) is 58.6 Å². The van der Waals surface area contributed by atoms with Crippen molar-refractivity contribution in [2.75, 3.05) is 6.61 Å². The quantitative estimate of drug-likeness (QED) is 0.714. The van der Waals surface area contributed by atoms with Gasteiger partial charge in [0.05, 0.1) is 6.10 Å². The molecule has 0 saturated carbocycles. The van der Waals surface area contributed by atoms with E-state index in [0.29, 0.717) is 6.42 Å². The zero-order valence-electron chi connectivity index (χ0n) is 9.53. The summed E-state index contributed by atoms with van der Waals surface area (Å²) in [4.78, 5) is 11.7. The van der Waals surface area contributed by atoms with Gasteiger partial charge in [-0.05, 0) is 32.6 Å². The Hall–Kier alpha value is -0.610. The van der Waals surface area contributed by atoms with Crippen molar-refractivity contribution in [2.45, 2.75) is 57.8 Å². The largest absolute Gasteiger partial charge is 0.396 e. The molecule has 0 aromatic carbocycles. The Morgan fingerprint density at radius 3 is 2.80 bits per heavy atom. The fourth-order valence-electron chi connectivity index (χ4n) is 1.82. The second-order valence-electron chi connectivity index (χ2n) is 4.14. The Kier molecular flexibility index (Phi) is 5.05. The van der Waals surface area contributed by atoms with Gasteiger partial charge in [-0.15, -0.1) is 0 Å². The van der Waals surface area contributed by atoms with Crippen molar-refractivity contribution in [1.82, 2.24) is 5.32 Å². The summed E-state index contributed by atoms with van der Waals surface area (Å²) in [6, 6.07) is 0.0713. The van der Waals surface area contributed by atoms with Gasteiger partial charge >= 0.3 is 0 Å². The van der Waals surface area contributed by atoms with Gasteiger partial charge in [0.15, 0.2) is 0 Å². The maximum absolute atomic E-state index is 11.7. The smallest absolute Gasteiger partial charge is 0.249 e. The van der Waals surface area contributed by atoms with E-state index in [2.05, 4.69) is 5.32 Å². The van der Waals surface area contributed by atoms with E-state index in [1.54, 1.807) is 0 Å². The monoisotopic (exact) mass is 215 g/mol. The lowest BCUT2D eigenvalue weighted by molar-refractivity contribution is -0.132. The van der Waals surface area contributed by atoms with Crippen LogP contribution in [0.25, 0.3) is 0 Å². The first-order valence-corrected chi connectivity index (χ1v) is 5.74. The van der Waals surface area contributed by atoms with Crippen LogP contribution in [0, 0.1) is 0 Å². The van der Waals surface area contributed by atoms with Crippen LogP contribution in [0.3, 0.4) is 0 Å². The van der Waals surface area contributed by atoms with Gasteiger partial charge in [-0.2, -0.15) is 0 Å². The number of hydrogen-bond acceptors (Lipinski definition) is 3. The van der Waals surface area contributed by atoms with E-state index in [1.165, 1.54) is 0 Å². The molecule has 4 nitrogen and oxygen atoms in total. The van der Waals surface area contributed by atoms with Crippen molar-refractivity contribution < 1.29 is 14.6 Å². The third-order valence-electron chi connectivity index (χ3n) is 2.84. The molecule has 0 radical (unpaired) electrons. The predicted molar refractivity (Wildman–Crippen MR) is 57.5 cm³/mol. The van der Waals surface area contributed by atoms with Crippen molar-refractivity contribution in [3.05, 3.63) is 0 Å². The number of nitrogens with one attached hydrogen (secondary N) is 1. The van der Waals surface area contributed by atoms with Gasteiger partial charge in [0, 0.05) is 12.6 Å². The van der Waals surface area contributed by atoms with E-state index in [1.807, 2.05) is 13.8 Å². The number of ether oxygens (including phenoxy) is 1. The van der Waals surface area contributed by atoms with Gasteiger partial charge in [0.25, 0.3) is 0 Å². The standard InChI is InChI=1S/C11H21NO3/c1-3-9(6-7-13)12-11(14)10-5-4-8(2)15-10/h8-10,13H,3-7H2,1-2H3,(H,12,14). The first-order valence-electron chi connectivity index (χ1n) is 5.74. The molecule has 1 fully saturated rings. The number of rotatable bonds is 5. The summed E-state index contributed by atoms with van der Waals surface area (Å²) in [6.07, 6.45) is 3.13. The fraction of sp³-hybridized carbons (Fsp3) is 0.909. The SMILES string of the molecule is CCC(CCO)NC(=O)C1CCC(C)O1. The van der Waals surface area contributed by atoms with Gasteiger partial charge in [-0.3, -0.25) is 4.79 Å². The van der Waals surface area contributed by atoms with Crippen LogP contribution < -0.4 is 5.32 Å². The Morgan fingerprint density at radius 1 is 1.60 bits per heavy atom. The second-order valence-corrected chi connectivity index (χ2v) is 4.14. The molecule has 3 atom stereocenters. The molecule has 0 aliphatic carbocycles. The van der Waals surface area contributed by atoms with Crippen LogP contribution >= 0.6 is 0 Å². The second kappa shape index (κ2) is 6.08. The van der Waals surface area contributed by atoms with Gasteiger partial charge in [0.1, 0.15) is 6.10 Å². The molecule has 1 heterocycles. The van der Waals surface area contributed by atoms with Crippen molar-refractivity contribution in [3.8, 4) is 0 Å². The molecule has 88 valence electrons. The Bertz CT molecular complexity index is 208. The minimum Gasteiger partial charge on any atom is -0.396 e. The number of aliphatic hydroxyl groups excluding tert-OH is 1. The zero-order chi connectivity index (χ0) is 11.3. The van der Waals surface area contributed by atoms with E-state index >= 15 is 0 Å². The van der Waals surface area contributed by atoms with Crippen LogP contribution in [0.2, 0.25) is 0 Å². The van der Waals surface area contributed by atoms with Crippen molar-refractivity contribution in [3.63, 3.8) is 0 Å². The Labute approximate surface area is 91.0 Å². The summed E-state index contributed by atoms with van der Waals surface area (Å²) in [6.45, 7) is 4.09. The van der Waals surface area contributed by atoms with E-state index in [-0.39, 0.29) is 30.8 Å². The molecule has 3 unspecified atom stereocenters.